The quantitative estimate of drug-likeness (QED) is 0.770. The summed E-state index contributed by atoms with van der Waals surface area (Å²) >= 11 is 0. The number of hydrogen-bond acceptors (Lipinski definition) is 3. The summed E-state index contributed by atoms with van der Waals surface area (Å²) in [4.78, 5) is 12.1. The fourth-order valence-corrected chi connectivity index (χ4v) is 2.21. The summed E-state index contributed by atoms with van der Waals surface area (Å²) in [6.07, 6.45) is -12.1. The van der Waals surface area contributed by atoms with Crippen LogP contribution in [0, 0.1) is 11.3 Å². The monoisotopic (exact) mass is 338 g/mol. The number of benzene rings is 1. The maximum Gasteiger partial charge on any atom is 0.417 e. The molecule has 0 spiro atoms. The Morgan fingerprint density at radius 3 is 2.43 bits per heavy atom. The number of hydrogen-bond donors (Lipinski definition) is 0. The molecule has 1 heterocycles. The van der Waals surface area contributed by atoms with Gasteiger partial charge in [-0.15, -0.1) is 0 Å². The van der Waals surface area contributed by atoms with Crippen molar-refractivity contribution in [2.75, 3.05) is 11.5 Å². The maximum atomic E-state index is 12.9. The number of rotatable bonds is 2. The van der Waals surface area contributed by atoms with E-state index in [1.807, 2.05) is 0 Å². The Bertz CT molecular complexity index is 662. The highest BCUT2D eigenvalue weighted by Crippen LogP contribution is 2.37. The Labute approximate surface area is 125 Å². The number of anilines is 1. The molecule has 1 aliphatic heterocycles. The fourth-order valence-electron chi connectivity index (χ4n) is 2.21. The lowest BCUT2D eigenvalue weighted by Gasteiger charge is -2.23. The molecule has 0 saturated carbocycles. The van der Waals surface area contributed by atoms with E-state index in [1.54, 1.807) is 0 Å². The van der Waals surface area contributed by atoms with Gasteiger partial charge in [-0.05, 0) is 18.2 Å². The van der Waals surface area contributed by atoms with Gasteiger partial charge < -0.3 is 4.74 Å². The Hall–Kier alpha value is -2.44. The van der Waals surface area contributed by atoms with Gasteiger partial charge in [0.2, 0.25) is 0 Å². The van der Waals surface area contributed by atoms with Crippen molar-refractivity contribution in [3.8, 4) is 6.07 Å². The largest absolute Gasteiger partial charge is 0.447 e. The van der Waals surface area contributed by atoms with Crippen molar-refractivity contribution >= 4 is 11.8 Å². The first kappa shape index (κ1) is 16.9. The number of carbonyl (C=O) groups excluding carboxylic acids is 1. The van der Waals surface area contributed by atoms with Gasteiger partial charge in [0, 0.05) is 5.69 Å². The van der Waals surface area contributed by atoms with Crippen molar-refractivity contribution in [1.29, 1.82) is 5.26 Å². The lowest BCUT2D eigenvalue weighted by atomic mass is 10.1. The molecule has 1 saturated heterocycles. The molecule has 0 radical (unpaired) electrons. The molecule has 10 heteroatoms. The van der Waals surface area contributed by atoms with Crippen LogP contribution in [0.4, 0.5) is 36.8 Å². The highest BCUT2D eigenvalue weighted by atomic mass is 19.4. The molecule has 124 valence electrons. The SMILES string of the molecule is N#Cc1ccc(N2C(=O)OC[C@@H]2CC(F)(F)F)cc1C(F)(F)F. The van der Waals surface area contributed by atoms with Crippen LogP contribution in [0.15, 0.2) is 18.2 Å². The molecule has 1 aromatic carbocycles. The van der Waals surface area contributed by atoms with E-state index in [9.17, 15) is 31.1 Å². The highest BCUT2D eigenvalue weighted by molar-refractivity contribution is 5.90. The second kappa shape index (κ2) is 5.64. The Morgan fingerprint density at radius 2 is 1.91 bits per heavy atom. The topological polar surface area (TPSA) is 53.3 Å². The van der Waals surface area contributed by atoms with Gasteiger partial charge in [0.1, 0.15) is 6.61 Å². The van der Waals surface area contributed by atoms with E-state index < -0.39 is 54.3 Å². The molecule has 0 aliphatic carbocycles. The summed E-state index contributed by atoms with van der Waals surface area (Å²) in [6.45, 7) is -0.584. The first-order valence-corrected chi connectivity index (χ1v) is 6.17. The van der Waals surface area contributed by atoms with Crippen molar-refractivity contribution in [2.45, 2.75) is 24.8 Å². The van der Waals surface area contributed by atoms with Crippen LogP contribution in [-0.4, -0.2) is 24.9 Å². The molecular formula is C13H8F6N2O2. The standard InChI is InChI=1S/C13H8F6N2O2/c14-12(15,16)4-9-6-23-11(22)21(9)8-2-1-7(5-20)10(3-8)13(17,18)19/h1-3,9H,4,6H2/t9-/m0/s1. The summed E-state index contributed by atoms with van der Waals surface area (Å²) in [5.74, 6) is 0. The zero-order valence-electron chi connectivity index (χ0n) is 11.2. The number of nitriles is 1. The normalized spacial score (nSPS) is 18.7. The van der Waals surface area contributed by atoms with Crippen molar-refractivity contribution in [2.24, 2.45) is 0 Å². The van der Waals surface area contributed by atoms with E-state index in [2.05, 4.69) is 4.74 Å². The van der Waals surface area contributed by atoms with Crippen LogP contribution in [-0.2, 0) is 10.9 Å². The van der Waals surface area contributed by atoms with Gasteiger partial charge in [-0.1, -0.05) is 0 Å². The molecule has 1 aromatic rings. The van der Waals surface area contributed by atoms with E-state index in [0.717, 1.165) is 12.1 Å². The summed E-state index contributed by atoms with van der Waals surface area (Å²) < 4.78 is 80.7. The van der Waals surface area contributed by atoms with Crippen LogP contribution in [0.5, 0.6) is 0 Å². The molecule has 1 aliphatic rings. The van der Waals surface area contributed by atoms with Crippen molar-refractivity contribution in [3.63, 3.8) is 0 Å². The van der Waals surface area contributed by atoms with E-state index >= 15 is 0 Å². The Balaban J connectivity index is 2.44. The van der Waals surface area contributed by atoms with Crippen molar-refractivity contribution in [3.05, 3.63) is 29.3 Å². The van der Waals surface area contributed by atoms with Gasteiger partial charge in [-0.25, -0.2) is 4.79 Å². The molecule has 23 heavy (non-hydrogen) atoms. The van der Waals surface area contributed by atoms with E-state index in [1.165, 1.54) is 6.07 Å². The third-order valence-electron chi connectivity index (χ3n) is 3.14. The number of halogens is 6. The summed E-state index contributed by atoms with van der Waals surface area (Å²) in [7, 11) is 0. The van der Waals surface area contributed by atoms with Crippen LogP contribution < -0.4 is 4.90 Å². The molecule has 0 unspecified atom stereocenters. The molecule has 0 N–H and O–H groups in total. The van der Waals surface area contributed by atoms with Gasteiger partial charge >= 0.3 is 18.4 Å². The van der Waals surface area contributed by atoms with Crippen LogP contribution in [0.1, 0.15) is 17.5 Å². The predicted molar refractivity (Wildman–Crippen MR) is 64.4 cm³/mol. The zero-order chi connectivity index (χ0) is 17.4. The summed E-state index contributed by atoms with van der Waals surface area (Å²) in [5, 5.41) is 8.69. The minimum atomic E-state index is -4.88. The lowest BCUT2D eigenvalue weighted by Crippen LogP contribution is -2.37. The van der Waals surface area contributed by atoms with E-state index in [-0.39, 0.29) is 0 Å². The predicted octanol–water partition coefficient (Wildman–Crippen LogP) is 3.85. The van der Waals surface area contributed by atoms with Crippen molar-refractivity contribution < 1.29 is 35.9 Å². The van der Waals surface area contributed by atoms with Gasteiger partial charge in [-0.3, -0.25) is 4.90 Å². The molecule has 0 aromatic heterocycles. The first-order chi connectivity index (χ1) is 10.5. The molecular weight excluding hydrogens is 330 g/mol. The van der Waals surface area contributed by atoms with Gasteiger partial charge in [0.15, 0.2) is 0 Å². The number of carbonyl (C=O) groups is 1. The number of nitrogens with zero attached hydrogens (tertiary/aromatic N) is 2. The van der Waals surface area contributed by atoms with Gasteiger partial charge in [0.25, 0.3) is 0 Å². The van der Waals surface area contributed by atoms with E-state index in [4.69, 9.17) is 5.26 Å². The molecule has 1 amide bonds. The third kappa shape index (κ3) is 3.67. The van der Waals surface area contributed by atoms with Crippen LogP contribution in [0.3, 0.4) is 0 Å². The smallest absolute Gasteiger partial charge is 0.417 e. The minimum absolute atomic E-state index is 0.409. The molecule has 2 rings (SSSR count). The molecule has 1 fully saturated rings. The van der Waals surface area contributed by atoms with E-state index in [0.29, 0.717) is 11.0 Å². The van der Waals surface area contributed by atoms with Gasteiger partial charge in [-0.2, -0.15) is 31.6 Å². The summed E-state index contributed by atoms with van der Waals surface area (Å²) in [5.41, 5.74) is -2.43. The number of alkyl halides is 6. The Morgan fingerprint density at radius 1 is 1.26 bits per heavy atom. The van der Waals surface area contributed by atoms with Crippen molar-refractivity contribution in [1.82, 2.24) is 0 Å². The second-order valence-corrected chi connectivity index (χ2v) is 4.76. The molecule has 4 nitrogen and oxygen atoms in total. The highest BCUT2D eigenvalue weighted by Gasteiger charge is 2.43. The molecule has 1 atom stereocenters. The van der Waals surface area contributed by atoms with Crippen LogP contribution >= 0.6 is 0 Å². The summed E-state index contributed by atoms with van der Waals surface area (Å²) in [6, 6.07) is 2.13. The third-order valence-corrected chi connectivity index (χ3v) is 3.14. The number of ether oxygens (including phenoxy) is 1. The van der Waals surface area contributed by atoms with Crippen LogP contribution in [0.2, 0.25) is 0 Å². The lowest BCUT2D eigenvalue weighted by molar-refractivity contribution is -0.139. The average Bonchev–Trinajstić information content (AvgIpc) is 2.76. The number of cyclic esters (lactones) is 1. The molecule has 0 bridgehead atoms. The fraction of sp³-hybridized carbons (Fsp3) is 0.385. The second-order valence-electron chi connectivity index (χ2n) is 4.76. The average molecular weight is 338 g/mol. The maximum absolute atomic E-state index is 12.9. The zero-order valence-corrected chi connectivity index (χ0v) is 11.2. The number of amides is 1. The van der Waals surface area contributed by atoms with Gasteiger partial charge in [0.05, 0.1) is 29.7 Å². The van der Waals surface area contributed by atoms with Crippen LogP contribution in [0.25, 0.3) is 0 Å². The minimum Gasteiger partial charge on any atom is -0.447 e. The Kier molecular flexibility index (Phi) is 4.15. The first-order valence-electron chi connectivity index (χ1n) is 6.17.